The first-order valence-corrected chi connectivity index (χ1v) is 7.19. The summed E-state index contributed by atoms with van der Waals surface area (Å²) in [6, 6.07) is 5.95. The van der Waals surface area contributed by atoms with Crippen molar-refractivity contribution in [3.05, 3.63) is 24.3 Å². The Bertz CT molecular complexity index is 458. The fourth-order valence-corrected chi connectivity index (χ4v) is 2.44. The van der Waals surface area contributed by atoms with Gasteiger partial charge in [-0.3, -0.25) is 0 Å². The molecule has 0 heterocycles. The van der Waals surface area contributed by atoms with Gasteiger partial charge in [0.15, 0.2) is 11.5 Å². The minimum absolute atomic E-state index is 0.158. The molecule has 1 aromatic carbocycles. The van der Waals surface area contributed by atoms with Crippen molar-refractivity contribution in [2.45, 2.75) is 44.6 Å². The largest absolute Gasteiger partial charge is 0.573 e. The molecule has 1 aliphatic carbocycles. The highest BCUT2D eigenvalue weighted by Crippen LogP contribution is 2.42. The molecule has 1 aliphatic rings. The molecule has 1 N–H and O–H groups in total. The molecular weight excluding hydrogens is 283 g/mol. The van der Waals surface area contributed by atoms with E-state index in [0.29, 0.717) is 0 Å². The van der Waals surface area contributed by atoms with E-state index in [1.807, 2.05) is 6.92 Å². The number of benzene rings is 1. The molecule has 6 heteroatoms. The van der Waals surface area contributed by atoms with Crippen LogP contribution >= 0.6 is 0 Å². The molecule has 118 valence electrons. The standard InChI is InChI=1S/C15H20F3NO2/c1-2-19-11-10-14(8-5-9-14)20-12-6-3-4-7-13(12)21-15(16,17)18/h3-4,6-7,19H,2,5,8-11H2,1H3. The predicted octanol–water partition coefficient (Wildman–Crippen LogP) is 3.89. The van der Waals surface area contributed by atoms with Crippen LogP contribution < -0.4 is 14.8 Å². The molecule has 0 saturated heterocycles. The zero-order chi connectivity index (χ0) is 15.3. The monoisotopic (exact) mass is 303 g/mol. The highest BCUT2D eigenvalue weighted by Gasteiger charge is 2.40. The van der Waals surface area contributed by atoms with E-state index in [0.717, 1.165) is 38.8 Å². The average Bonchev–Trinajstić information content (AvgIpc) is 2.36. The van der Waals surface area contributed by atoms with Crippen molar-refractivity contribution in [2.24, 2.45) is 0 Å². The van der Waals surface area contributed by atoms with Gasteiger partial charge >= 0.3 is 6.36 Å². The maximum Gasteiger partial charge on any atom is 0.573 e. The van der Waals surface area contributed by atoms with Gasteiger partial charge in [0.05, 0.1) is 0 Å². The second-order valence-electron chi connectivity index (χ2n) is 5.24. The fraction of sp³-hybridized carbons (Fsp3) is 0.600. The summed E-state index contributed by atoms with van der Waals surface area (Å²) in [5.74, 6) is -0.120. The number of halogens is 3. The molecule has 0 atom stereocenters. The van der Waals surface area contributed by atoms with Crippen LogP contribution in [0.5, 0.6) is 11.5 Å². The number of hydrogen-bond acceptors (Lipinski definition) is 3. The lowest BCUT2D eigenvalue weighted by molar-refractivity contribution is -0.275. The van der Waals surface area contributed by atoms with Gasteiger partial charge in [-0.2, -0.15) is 0 Å². The first-order valence-electron chi connectivity index (χ1n) is 7.19. The van der Waals surface area contributed by atoms with Gasteiger partial charge in [-0.1, -0.05) is 19.1 Å². The second-order valence-corrected chi connectivity index (χ2v) is 5.24. The lowest BCUT2D eigenvalue weighted by Gasteiger charge is -2.42. The van der Waals surface area contributed by atoms with Crippen LogP contribution in [-0.2, 0) is 0 Å². The Labute approximate surface area is 122 Å². The lowest BCUT2D eigenvalue weighted by Crippen LogP contribution is -2.45. The van der Waals surface area contributed by atoms with E-state index in [1.54, 1.807) is 6.07 Å². The van der Waals surface area contributed by atoms with E-state index in [4.69, 9.17) is 4.74 Å². The maximum absolute atomic E-state index is 12.4. The number of para-hydroxylation sites is 2. The highest BCUT2D eigenvalue weighted by atomic mass is 19.4. The molecule has 0 radical (unpaired) electrons. The van der Waals surface area contributed by atoms with Crippen molar-refractivity contribution < 1.29 is 22.6 Å². The van der Waals surface area contributed by atoms with Crippen molar-refractivity contribution in [1.29, 1.82) is 0 Å². The van der Waals surface area contributed by atoms with E-state index in [1.165, 1.54) is 18.2 Å². The molecular formula is C15H20F3NO2. The van der Waals surface area contributed by atoms with Crippen LogP contribution in [0.3, 0.4) is 0 Å². The molecule has 2 rings (SSSR count). The third-order valence-corrected chi connectivity index (χ3v) is 3.67. The van der Waals surface area contributed by atoms with Gasteiger partial charge in [0.25, 0.3) is 0 Å². The first-order chi connectivity index (χ1) is 9.94. The lowest BCUT2D eigenvalue weighted by atomic mass is 9.77. The summed E-state index contributed by atoms with van der Waals surface area (Å²) in [7, 11) is 0. The molecule has 1 saturated carbocycles. The van der Waals surface area contributed by atoms with Gasteiger partial charge < -0.3 is 14.8 Å². The van der Waals surface area contributed by atoms with Gasteiger partial charge in [0.2, 0.25) is 0 Å². The summed E-state index contributed by atoms with van der Waals surface area (Å²) in [4.78, 5) is 0. The third-order valence-electron chi connectivity index (χ3n) is 3.67. The van der Waals surface area contributed by atoms with Gasteiger partial charge in [0, 0.05) is 0 Å². The summed E-state index contributed by atoms with van der Waals surface area (Å²) in [6.07, 6.45) is -1.18. The number of ether oxygens (including phenoxy) is 2. The number of rotatable bonds is 7. The Hall–Kier alpha value is -1.43. The van der Waals surface area contributed by atoms with Crippen molar-refractivity contribution >= 4 is 0 Å². The first kappa shape index (κ1) is 15.9. The Morgan fingerprint density at radius 1 is 1.19 bits per heavy atom. The molecule has 0 spiro atoms. The van der Waals surface area contributed by atoms with Crippen molar-refractivity contribution in [1.82, 2.24) is 5.32 Å². The predicted molar refractivity (Wildman–Crippen MR) is 73.5 cm³/mol. The van der Waals surface area contributed by atoms with Crippen molar-refractivity contribution in [3.63, 3.8) is 0 Å². The van der Waals surface area contributed by atoms with Crippen LogP contribution in [-0.4, -0.2) is 25.1 Å². The zero-order valence-electron chi connectivity index (χ0n) is 12.0. The van der Waals surface area contributed by atoms with Gasteiger partial charge in [0.1, 0.15) is 5.60 Å². The second kappa shape index (κ2) is 6.56. The molecule has 0 aromatic heterocycles. The molecule has 1 aromatic rings. The molecule has 0 amide bonds. The Balaban J connectivity index is 2.07. The smallest absolute Gasteiger partial charge is 0.483 e. The summed E-state index contributed by atoms with van der Waals surface area (Å²) >= 11 is 0. The average molecular weight is 303 g/mol. The minimum Gasteiger partial charge on any atom is -0.483 e. The van der Waals surface area contributed by atoms with Gasteiger partial charge in [-0.25, -0.2) is 0 Å². The molecule has 0 aliphatic heterocycles. The normalized spacial score (nSPS) is 17.1. The van der Waals surface area contributed by atoms with Crippen LogP contribution in [0.25, 0.3) is 0 Å². The SMILES string of the molecule is CCNCCC1(Oc2ccccc2OC(F)(F)F)CCC1. The van der Waals surface area contributed by atoms with Crippen LogP contribution in [0, 0.1) is 0 Å². The molecule has 0 bridgehead atoms. The molecule has 3 nitrogen and oxygen atoms in total. The van der Waals surface area contributed by atoms with Crippen LogP contribution in [0.2, 0.25) is 0 Å². The van der Waals surface area contributed by atoms with Crippen molar-refractivity contribution in [3.8, 4) is 11.5 Å². The topological polar surface area (TPSA) is 30.5 Å². The van der Waals surface area contributed by atoms with Crippen LogP contribution in [0.15, 0.2) is 24.3 Å². The van der Waals surface area contributed by atoms with Crippen LogP contribution in [0.1, 0.15) is 32.6 Å². The quantitative estimate of drug-likeness (QED) is 0.775. The summed E-state index contributed by atoms with van der Waals surface area (Å²) < 4.78 is 47.2. The number of nitrogens with one attached hydrogen (secondary N) is 1. The minimum atomic E-state index is -4.71. The number of alkyl halides is 3. The summed E-state index contributed by atoms with van der Waals surface area (Å²) in [5, 5.41) is 3.22. The van der Waals surface area contributed by atoms with E-state index >= 15 is 0 Å². The van der Waals surface area contributed by atoms with Gasteiger partial charge in [-0.15, -0.1) is 13.2 Å². The third kappa shape index (κ3) is 4.52. The Kier molecular flexibility index (Phi) is 4.98. The van der Waals surface area contributed by atoms with Crippen LogP contribution in [0.4, 0.5) is 13.2 Å². The molecule has 21 heavy (non-hydrogen) atoms. The van der Waals surface area contributed by atoms with E-state index in [9.17, 15) is 13.2 Å². The zero-order valence-corrected chi connectivity index (χ0v) is 12.0. The fourth-order valence-electron chi connectivity index (χ4n) is 2.44. The van der Waals surface area contributed by atoms with E-state index < -0.39 is 6.36 Å². The van der Waals surface area contributed by atoms with E-state index in [2.05, 4.69) is 10.1 Å². The van der Waals surface area contributed by atoms with Gasteiger partial charge in [-0.05, 0) is 50.9 Å². The maximum atomic E-state index is 12.4. The highest BCUT2D eigenvalue weighted by molar-refractivity contribution is 5.40. The number of hydrogen-bond donors (Lipinski definition) is 1. The molecule has 1 fully saturated rings. The Morgan fingerprint density at radius 2 is 1.86 bits per heavy atom. The summed E-state index contributed by atoms with van der Waals surface area (Å²) in [5.41, 5.74) is -0.368. The summed E-state index contributed by atoms with van der Waals surface area (Å²) in [6.45, 7) is 3.67. The molecule has 0 unspecified atom stereocenters. The van der Waals surface area contributed by atoms with E-state index in [-0.39, 0.29) is 17.1 Å². The Morgan fingerprint density at radius 3 is 2.38 bits per heavy atom. The van der Waals surface area contributed by atoms with Crippen molar-refractivity contribution in [2.75, 3.05) is 13.1 Å².